The first-order valence-electron chi connectivity index (χ1n) is 6.60. The summed E-state index contributed by atoms with van der Waals surface area (Å²) in [6.45, 7) is 2.83. The second-order valence-electron chi connectivity index (χ2n) is 4.37. The Labute approximate surface area is 122 Å². The number of nitriles is 1. The number of amides is 1. The summed E-state index contributed by atoms with van der Waals surface area (Å²) >= 11 is 0. The molecule has 0 unspecified atom stereocenters. The Bertz CT molecular complexity index is 661. The molecule has 6 heteroatoms. The molecule has 2 N–H and O–H groups in total. The molecule has 0 aliphatic rings. The van der Waals surface area contributed by atoms with Crippen molar-refractivity contribution in [3.63, 3.8) is 0 Å². The SMILES string of the molecule is CCCNc1ncc(C(=O)Nc2cccc(C#N)c2)cn1. The highest BCUT2D eigenvalue weighted by Gasteiger charge is 2.08. The third-order valence-corrected chi connectivity index (χ3v) is 2.70. The van der Waals surface area contributed by atoms with Crippen molar-refractivity contribution in [3.8, 4) is 6.07 Å². The molecule has 0 bridgehead atoms. The second kappa shape index (κ2) is 7.01. The minimum Gasteiger partial charge on any atom is -0.354 e. The van der Waals surface area contributed by atoms with Crippen molar-refractivity contribution < 1.29 is 4.79 Å². The number of aromatic nitrogens is 2. The molecule has 1 aromatic carbocycles. The number of carbonyl (C=O) groups is 1. The second-order valence-corrected chi connectivity index (χ2v) is 4.37. The zero-order valence-electron chi connectivity index (χ0n) is 11.6. The van der Waals surface area contributed by atoms with Gasteiger partial charge in [0.2, 0.25) is 5.95 Å². The van der Waals surface area contributed by atoms with Gasteiger partial charge in [-0.05, 0) is 24.6 Å². The molecule has 2 aromatic rings. The van der Waals surface area contributed by atoms with Crippen LogP contribution in [-0.2, 0) is 0 Å². The predicted octanol–water partition coefficient (Wildman–Crippen LogP) is 2.42. The molecule has 21 heavy (non-hydrogen) atoms. The number of carbonyl (C=O) groups excluding carboxylic acids is 1. The molecule has 0 radical (unpaired) electrons. The molecular formula is C15H15N5O. The van der Waals surface area contributed by atoms with Crippen LogP contribution < -0.4 is 10.6 Å². The summed E-state index contributed by atoms with van der Waals surface area (Å²) in [5, 5.41) is 14.6. The lowest BCUT2D eigenvalue weighted by atomic mass is 10.2. The van der Waals surface area contributed by atoms with Gasteiger partial charge < -0.3 is 10.6 Å². The first-order chi connectivity index (χ1) is 10.2. The fraction of sp³-hybridized carbons (Fsp3) is 0.200. The van der Waals surface area contributed by atoms with Gasteiger partial charge in [-0.15, -0.1) is 0 Å². The van der Waals surface area contributed by atoms with Crippen LogP contribution in [0.15, 0.2) is 36.7 Å². The van der Waals surface area contributed by atoms with E-state index in [1.165, 1.54) is 12.4 Å². The summed E-state index contributed by atoms with van der Waals surface area (Å²) in [5.74, 6) is 0.187. The van der Waals surface area contributed by atoms with Crippen molar-refractivity contribution in [2.75, 3.05) is 17.2 Å². The van der Waals surface area contributed by atoms with Crippen molar-refractivity contribution in [3.05, 3.63) is 47.8 Å². The van der Waals surface area contributed by atoms with Gasteiger partial charge in [0.1, 0.15) is 0 Å². The highest BCUT2D eigenvalue weighted by atomic mass is 16.1. The quantitative estimate of drug-likeness (QED) is 0.878. The minimum absolute atomic E-state index is 0.313. The number of nitrogens with one attached hydrogen (secondary N) is 2. The molecule has 0 atom stereocenters. The van der Waals surface area contributed by atoms with Crippen molar-refractivity contribution in [2.45, 2.75) is 13.3 Å². The standard InChI is InChI=1S/C15H15N5O/c1-2-6-17-15-18-9-12(10-19-15)14(21)20-13-5-3-4-11(7-13)8-16/h3-5,7,9-10H,2,6H2,1H3,(H,20,21)(H,17,18,19). The normalized spacial score (nSPS) is 9.71. The third-order valence-electron chi connectivity index (χ3n) is 2.70. The summed E-state index contributed by atoms with van der Waals surface area (Å²) in [4.78, 5) is 20.2. The molecule has 0 spiro atoms. The molecule has 0 aliphatic heterocycles. The van der Waals surface area contributed by atoms with Gasteiger partial charge in [0.15, 0.2) is 0 Å². The van der Waals surface area contributed by atoms with Crippen molar-refractivity contribution >= 4 is 17.5 Å². The Balaban J connectivity index is 2.04. The number of nitrogens with zero attached hydrogens (tertiary/aromatic N) is 3. The van der Waals surface area contributed by atoms with E-state index in [1.807, 2.05) is 13.0 Å². The Hall–Kier alpha value is -2.94. The Morgan fingerprint density at radius 1 is 1.33 bits per heavy atom. The van der Waals surface area contributed by atoms with Crippen molar-refractivity contribution in [2.24, 2.45) is 0 Å². The van der Waals surface area contributed by atoms with E-state index in [-0.39, 0.29) is 5.91 Å². The largest absolute Gasteiger partial charge is 0.354 e. The van der Waals surface area contributed by atoms with E-state index in [4.69, 9.17) is 5.26 Å². The lowest BCUT2D eigenvalue weighted by molar-refractivity contribution is 0.102. The maximum atomic E-state index is 12.0. The van der Waals surface area contributed by atoms with Gasteiger partial charge in [-0.1, -0.05) is 13.0 Å². The maximum Gasteiger partial charge on any atom is 0.258 e. The summed E-state index contributed by atoms with van der Waals surface area (Å²) in [7, 11) is 0. The van der Waals surface area contributed by atoms with Gasteiger partial charge in [0.25, 0.3) is 5.91 Å². The van der Waals surface area contributed by atoms with Crippen LogP contribution in [-0.4, -0.2) is 22.4 Å². The van der Waals surface area contributed by atoms with Crippen molar-refractivity contribution in [1.29, 1.82) is 5.26 Å². The molecule has 0 fully saturated rings. The summed E-state index contributed by atoms with van der Waals surface area (Å²) < 4.78 is 0. The van der Waals surface area contributed by atoms with Gasteiger partial charge in [-0.2, -0.15) is 5.26 Å². The van der Waals surface area contributed by atoms with E-state index >= 15 is 0 Å². The average Bonchev–Trinajstić information content (AvgIpc) is 2.53. The highest BCUT2D eigenvalue weighted by molar-refractivity contribution is 6.03. The lowest BCUT2D eigenvalue weighted by Gasteiger charge is -2.06. The lowest BCUT2D eigenvalue weighted by Crippen LogP contribution is -2.13. The molecule has 1 amide bonds. The molecular weight excluding hydrogens is 266 g/mol. The van der Waals surface area contributed by atoms with Gasteiger partial charge >= 0.3 is 0 Å². The summed E-state index contributed by atoms with van der Waals surface area (Å²) in [5.41, 5.74) is 1.41. The predicted molar refractivity (Wildman–Crippen MR) is 79.9 cm³/mol. The van der Waals surface area contributed by atoms with E-state index in [0.29, 0.717) is 22.8 Å². The van der Waals surface area contributed by atoms with E-state index in [1.54, 1.807) is 24.3 Å². The smallest absolute Gasteiger partial charge is 0.258 e. The summed E-state index contributed by atoms with van der Waals surface area (Å²) in [6.07, 6.45) is 3.91. The van der Waals surface area contributed by atoms with Gasteiger partial charge in [-0.25, -0.2) is 9.97 Å². The number of hydrogen-bond acceptors (Lipinski definition) is 5. The van der Waals surface area contributed by atoms with Gasteiger partial charge in [-0.3, -0.25) is 4.79 Å². The van der Waals surface area contributed by atoms with Crippen LogP contribution in [0.5, 0.6) is 0 Å². The third kappa shape index (κ3) is 4.01. The Morgan fingerprint density at radius 2 is 2.10 bits per heavy atom. The van der Waals surface area contributed by atoms with Crippen molar-refractivity contribution in [1.82, 2.24) is 9.97 Å². The molecule has 0 saturated heterocycles. The van der Waals surface area contributed by atoms with Crippen LogP contribution in [0.25, 0.3) is 0 Å². The van der Waals surface area contributed by atoms with Crippen LogP contribution >= 0.6 is 0 Å². The topological polar surface area (TPSA) is 90.7 Å². The Morgan fingerprint density at radius 3 is 2.76 bits per heavy atom. The van der Waals surface area contributed by atoms with Gasteiger partial charge in [0.05, 0.1) is 17.2 Å². The molecule has 0 aliphatic carbocycles. The van der Waals surface area contributed by atoms with E-state index in [2.05, 4.69) is 20.6 Å². The maximum absolute atomic E-state index is 12.0. The van der Waals surface area contributed by atoms with Crippen LogP contribution in [0.2, 0.25) is 0 Å². The molecule has 1 aromatic heterocycles. The average molecular weight is 281 g/mol. The van der Waals surface area contributed by atoms with Crippen LogP contribution in [0.1, 0.15) is 29.3 Å². The van der Waals surface area contributed by atoms with E-state index in [9.17, 15) is 4.79 Å². The van der Waals surface area contributed by atoms with Crippen LogP contribution in [0.3, 0.4) is 0 Å². The zero-order chi connectivity index (χ0) is 15.1. The first-order valence-corrected chi connectivity index (χ1v) is 6.60. The number of benzene rings is 1. The zero-order valence-corrected chi connectivity index (χ0v) is 11.6. The monoisotopic (exact) mass is 281 g/mol. The van der Waals surface area contributed by atoms with Gasteiger partial charge in [0, 0.05) is 24.6 Å². The Kier molecular flexibility index (Phi) is 4.83. The van der Waals surface area contributed by atoms with E-state index < -0.39 is 0 Å². The minimum atomic E-state index is -0.313. The van der Waals surface area contributed by atoms with E-state index in [0.717, 1.165) is 13.0 Å². The fourth-order valence-corrected chi connectivity index (χ4v) is 1.64. The molecule has 1 heterocycles. The number of anilines is 2. The number of rotatable bonds is 5. The molecule has 106 valence electrons. The highest BCUT2D eigenvalue weighted by Crippen LogP contribution is 2.11. The number of hydrogen-bond donors (Lipinski definition) is 2. The molecule has 2 rings (SSSR count). The molecule has 6 nitrogen and oxygen atoms in total. The van der Waals surface area contributed by atoms with Crippen LogP contribution in [0.4, 0.5) is 11.6 Å². The molecule has 0 saturated carbocycles. The summed E-state index contributed by atoms with van der Waals surface area (Å²) in [6, 6.07) is 8.73. The van der Waals surface area contributed by atoms with Crippen LogP contribution in [0, 0.1) is 11.3 Å². The fourth-order valence-electron chi connectivity index (χ4n) is 1.64. The first kappa shape index (κ1) is 14.5.